The predicted molar refractivity (Wildman–Crippen MR) is 54.1 cm³/mol. The zero-order chi connectivity index (χ0) is 10.4. The largest absolute Gasteiger partial charge is 0.492 e. The second kappa shape index (κ2) is 2.82. The van der Waals surface area contributed by atoms with Gasteiger partial charge in [-0.3, -0.25) is 0 Å². The Bertz CT molecular complexity index is 554. The Morgan fingerprint density at radius 1 is 1.53 bits per heavy atom. The average molecular weight is 203 g/mol. The molecule has 3 nitrogen and oxygen atoms in total. The van der Waals surface area contributed by atoms with Gasteiger partial charge in [-0.25, -0.2) is 9.37 Å². The van der Waals surface area contributed by atoms with Gasteiger partial charge in [-0.05, 0) is 6.07 Å². The lowest BCUT2D eigenvalue weighted by Crippen LogP contribution is -1.96. The first-order valence-electron chi connectivity index (χ1n) is 4.68. The Hall–Kier alpha value is -1.84. The molecule has 0 saturated carbocycles. The highest BCUT2D eigenvalue weighted by Gasteiger charge is 2.19. The van der Waals surface area contributed by atoms with E-state index in [0.717, 1.165) is 23.1 Å². The molecular formula is C11H8FN2O. The minimum Gasteiger partial charge on any atom is -0.492 e. The number of hydrogen-bond donors (Lipinski definition) is 1. The van der Waals surface area contributed by atoms with Crippen LogP contribution in [0.3, 0.4) is 0 Å². The molecule has 1 aliphatic rings. The van der Waals surface area contributed by atoms with Crippen LogP contribution < -0.4 is 10.5 Å². The molecule has 0 atom stereocenters. The molecule has 3 rings (SSSR count). The van der Waals surface area contributed by atoms with E-state index >= 15 is 0 Å². The van der Waals surface area contributed by atoms with E-state index in [4.69, 9.17) is 10.5 Å². The van der Waals surface area contributed by atoms with Gasteiger partial charge < -0.3 is 10.5 Å². The Morgan fingerprint density at radius 3 is 3.27 bits per heavy atom. The van der Waals surface area contributed by atoms with Gasteiger partial charge in [0.15, 0.2) is 0 Å². The van der Waals surface area contributed by atoms with Gasteiger partial charge in [-0.15, -0.1) is 0 Å². The van der Waals surface area contributed by atoms with Crippen molar-refractivity contribution in [2.45, 2.75) is 6.42 Å². The number of nitrogens with zero attached hydrogens (tertiary/aromatic N) is 1. The van der Waals surface area contributed by atoms with Gasteiger partial charge in [-0.2, -0.15) is 0 Å². The number of pyridine rings is 1. The normalized spacial score (nSPS) is 13.9. The van der Waals surface area contributed by atoms with Gasteiger partial charge in [0.25, 0.3) is 0 Å². The summed E-state index contributed by atoms with van der Waals surface area (Å²) in [6.07, 6.45) is 0.765. The van der Waals surface area contributed by atoms with Crippen molar-refractivity contribution in [2.24, 2.45) is 0 Å². The van der Waals surface area contributed by atoms with E-state index < -0.39 is 5.82 Å². The van der Waals surface area contributed by atoms with Crippen LogP contribution >= 0.6 is 0 Å². The fourth-order valence-electron chi connectivity index (χ4n) is 1.87. The molecule has 1 aromatic carbocycles. The highest BCUT2D eigenvalue weighted by Crippen LogP contribution is 2.36. The van der Waals surface area contributed by atoms with Crippen LogP contribution in [0.15, 0.2) is 12.1 Å². The number of benzene rings is 1. The van der Waals surface area contributed by atoms with E-state index in [-0.39, 0.29) is 0 Å². The summed E-state index contributed by atoms with van der Waals surface area (Å²) in [4.78, 5) is 4.15. The monoisotopic (exact) mass is 203 g/mol. The first-order chi connectivity index (χ1) is 7.25. The minimum absolute atomic E-state index is 0.431. The van der Waals surface area contributed by atoms with E-state index in [9.17, 15) is 4.39 Å². The van der Waals surface area contributed by atoms with E-state index in [1.165, 1.54) is 6.07 Å². The molecule has 0 bridgehead atoms. The topological polar surface area (TPSA) is 48.1 Å². The Kier molecular flexibility index (Phi) is 1.59. The van der Waals surface area contributed by atoms with Crippen molar-refractivity contribution in [1.82, 2.24) is 4.98 Å². The molecule has 1 radical (unpaired) electrons. The zero-order valence-electron chi connectivity index (χ0n) is 7.88. The molecule has 75 valence electrons. The summed E-state index contributed by atoms with van der Waals surface area (Å²) in [5.41, 5.74) is 7.20. The van der Waals surface area contributed by atoms with Crippen LogP contribution in [0.25, 0.3) is 10.9 Å². The third-order valence-electron chi connectivity index (χ3n) is 2.56. The first kappa shape index (κ1) is 8.47. The molecule has 0 amide bonds. The van der Waals surface area contributed by atoms with Gasteiger partial charge in [0, 0.05) is 29.5 Å². The molecule has 1 aromatic heterocycles. The summed E-state index contributed by atoms with van der Waals surface area (Å²) in [6, 6.07) is 5.37. The number of fused-ring (bicyclic) bond motifs is 3. The van der Waals surface area contributed by atoms with Crippen LogP contribution in [0.1, 0.15) is 5.56 Å². The number of aromatic nitrogens is 1. The van der Waals surface area contributed by atoms with Crippen molar-refractivity contribution >= 4 is 16.7 Å². The fraction of sp³-hybridized carbons (Fsp3) is 0.182. The van der Waals surface area contributed by atoms with Crippen LogP contribution in [0, 0.1) is 11.9 Å². The molecule has 2 aromatic rings. The van der Waals surface area contributed by atoms with E-state index in [1.54, 1.807) is 6.07 Å². The van der Waals surface area contributed by atoms with Crippen molar-refractivity contribution in [3.63, 3.8) is 0 Å². The smallest absolute Gasteiger partial charge is 0.135 e. The van der Waals surface area contributed by atoms with Crippen LogP contribution in [-0.4, -0.2) is 11.6 Å². The number of anilines is 1. The van der Waals surface area contributed by atoms with E-state index in [1.807, 2.05) is 0 Å². The fourth-order valence-corrected chi connectivity index (χ4v) is 1.87. The molecule has 0 spiro atoms. The molecule has 0 aliphatic carbocycles. The molecule has 0 unspecified atom stereocenters. The Morgan fingerprint density at radius 2 is 2.40 bits per heavy atom. The number of rotatable bonds is 0. The summed E-state index contributed by atoms with van der Waals surface area (Å²) >= 11 is 0. The maximum atomic E-state index is 12.9. The van der Waals surface area contributed by atoms with Crippen LogP contribution in [0.2, 0.25) is 0 Å². The third-order valence-corrected chi connectivity index (χ3v) is 2.56. The maximum Gasteiger partial charge on any atom is 0.135 e. The third kappa shape index (κ3) is 1.14. The number of hydrogen-bond acceptors (Lipinski definition) is 3. The molecule has 0 saturated heterocycles. The summed E-state index contributed by atoms with van der Waals surface area (Å²) in [5, 5.41) is 0.776. The van der Waals surface area contributed by atoms with Gasteiger partial charge >= 0.3 is 0 Å². The SMILES string of the molecule is Nc1nc2cc(F)[c]cc2c2c1CCO2. The lowest BCUT2D eigenvalue weighted by Gasteiger charge is -2.06. The highest BCUT2D eigenvalue weighted by molar-refractivity contribution is 5.89. The molecule has 2 N–H and O–H groups in total. The van der Waals surface area contributed by atoms with Gasteiger partial charge in [0.05, 0.1) is 12.1 Å². The quantitative estimate of drug-likeness (QED) is 0.708. The molecule has 2 heterocycles. The molecule has 4 heteroatoms. The second-order valence-corrected chi connectivity index (χ2v) is 3.48. The van der Waals surface area contributed by atoms with Crippen LogP contribution in [0.4, 0.5) is 10.2 Å². The molecule has 15 heavy (non-hydrogen) atoms. The van der Waals surface area contributed by atoms with E-state index in [0.29, 0.717) is 17.9 Å². The predicted octanol–water partition coefficient (Wildman–Crippen LogP) is 1.69. The number of ether oxygens (including phenoxy) is 1. The zero-order valence-corrected chi connectivity index (χ0v) is 7.88. The minimum atomic E-state index is -0.438. The van der Waals surface area contributed by atoms with E-state index in [2.05, 4.69) is 11.1 Å². The molecular weight excluding hydrogens is 195 g/mol. The van der Waals surface area contributed by atoms with Gasteiger partial charge in [0.1, 0.15) is 17.4 Å². The lowest BCUT2D eigenvalue weighted by atomic mass is 10.1. The van der Waals surface area contributed by atoms with Crippen molar-refractivity contribution in [1.29, 1.82) is 0 Å². The highest BCUT2D eigenvalue weighted by atomic mass is 19.1. The van der Waals surface area contributed by atoms with Crippen molar-refractivity contribution in [2.75, 3.05) is 12.3 Å². The Balaban J connectivity index is 2.43. The number of halogens is 1. The van der Waals surface area contributed by atoms with Crippen molar-refractivity contribution in [3.8, 4) is 5.75 Å². The molecule has 1 aliphatic heterocycles. The number of nitrogens with two attached hydrogens (primary N) is 1. The van der Waals surface area contributed by atoms with Crippen molar-refractivity contribution in [3.05, 3.63) is 29.6 Å². The summed E-state index contributed by atoms with van der Waals surface area (Å²) in [7, 11) is 0. The van der Waals surface area contributed by atoms with Gasteiger partial charge in [0.2, 0.25) is 0 Å². The average Bonchev–Trinajstić information content (AvgIpc) is 2.66. The van der Waals surface area contributed by atoms with Gasteiger partial charge in [-0.1, -0.05) is 0 Å². The summed E-state index contributed by atoms with van der Waals surface area (Å²) < 4.78 is 18.4. The second-order valence-electron chi connectivity index (χ2n) is 3.48. The molecule has 0 fully saturated rings. The Labute approximate surface area is 85.7 Å². The van der Waals surface area contributed by atoms with Crippen LogP contribution in [-0.2, 0) is 6.42 Å². The summed E-state index contributed by atoms with van der Waals surface area (Å²) in [5.74, 6) is 0.724. The number of nitrogen functional groups attached to an aromatic ring is 1. The first-order valence-corrected chi connectivity index (χ1v) is 4.68. The summed E-state index contributed by atoms with van der Waals surface area (Å²) in [6.45, 7) is 0.609. The standard InChI is InChI=1S/C11H8FN2O/c12-6-1-2-7-9(5-6)14-11(13)8-3-4-15-10(7)8/h2,5H,3-4H2,(H2,13,14). The maximum absolute atomic E-state index is 12.9. The van der Waals surface area contributed by atoms with Crippen molar-refractivity contribution < 1.29 is 9.13 Å². The van der Waals surface area contributed by atoms with Crippen LogP contribution in [0.5, 0.6) is 5.75 Å². The lowest BCUT2D eigenvalue weighted by molar-refractivity contribution is 0.360.